The van der Waals surface area contributed by atoms with Gasteiger partial charge in [0.25, 0.3) is 0 Å². The van der Waals surface area contributed by atoms with E-state index in [1.54, 1.807) is 13.0 Å². The molecule has 0 radical (unpaired) electrons. The molecule has 118 valence electrons. The standard InChI is InChI=1S/C15H16FNO4S/c1-8(15(18)19)10-3-4-17-12-5-9(16)6-14(22(2,20)21)11(12)7-13(10)17/h5-8,10H,3-4H2,1-2H3,(H,18,19)/t8?,10-/m1/s1. The van der Waals surface area contributed by atoms with E-state index >= 15 is 0 Å². The van der Waals surface area contributed by atoms with Crippen molar-refractivity contribution in [1.29, 1.82) is 0 Å². The average molecular weight is 325 g/mol. The van der Waals surface area contributed by atoms with Gasteiger partial charge in [0.05, 0.1) is 16.3 Å². The van der Waals surface area contributed by atoms with Gasteiger partial charge in [0.2, 0.25) is 0 Å². The molecular weight excluding hydrogens is 309 g/mol. The number of carbonyl (C=O) groups is 1. The third kappa shape index (κ3) is 2.20. The van der Waals surface area contributed by atoms with Crippen molar-refractivity contribution >= 4 is 26.7 Å². The number of halogens is 1. The summed E-state index contributed by atoms with van der Waals surface area (Å²) in [6.45, 7) is 2.20. The maximum Gasteiger partial charge on any atom is 0.306 e. The predicted octanol–water partition coefficient (Wildman–Crippen LogP) is 2.39. The van der Waals surface area contributed by atoms with E-state index in [2.05, 4.69) is 0 Å². The van der Waals surface area contributed by atoms with E-state index in [4.69, 9.17) is 0 Å². The number of carboxylic acids is 1. The van der Waals surface area contributed by atoms with Gasteiger partial charge in [-0.1, -0.05) is 6.92 Å². The van der Waals surface area contributed by atoms with E-state index < -0.39 is 27.5 Å². The molecule has 0 aliphatic carbocycles. The first kappa shape index (κ1) is 15.0. The van der Waals surface area contributed by atoms with E-state index in [-0.39, 0.29) is 10.8 Å². The maximum atomic E-state index is 13.8. The number of aryl methyl sites for hydroxylation is 1. The first-order valence-corrected chi connectivity index (χ1v) is 8.85. The number of hydrogen-bond donors (Lipinski definition) is 1. The van der Waals surface area contributed by atoms with Crippen molar-refractivity contribution in [3.05, 3.63) is 29.7 Å². The van der Waals surface area contributed by atoms with Crippen molar-refractivity contribution in [3.8, 4) is 0 Å². The molecule has 0 fully saturated rings. The minimum atomic E-state index is -3.56. The lowest BCUT2D eigenvalue weighted by Crippen LogP contribution is -2.17. The van der Waals surface area contributed by atoms with Gasteiger partial charge in [-0.2, -0.15) is 0 Å². The summed E-state index contributed by atoms with van der Waals surface area (Å²) in [6, 6.07) is 4.02. The van der Waals surface area contributed by atoms with Gasteiger partial charge in [0, 0.05) is 29.8 Å². The Bertz CT molecular complexity index is 885. The molecule has 0 saturated carbocycles. The van der Waals surface area contributed by atoms with Gasteiger partial charge in [0.1, 0.15) is 5.82 Å². The Morgan fingerprint density at radius 2 is 2.09 bits per heavy atom. The zero-order chi connectivity index (χ0) is 16.2. The number of hydrogen-bond acceptors (Lipinski definition) is 3. The van der Waals surface area contributed by atoms with Crippen LogP contribution in [0, 0.1) is 11.7 Å². The van der Waals surface area contributed by atoms with Crippen LogP contribution >= 0.6 is 0 Å². The van der Waals surface area contributed by atoms with Crippen molar-refractivity contribution in [1.82, 2.24) is 4.57 Å². The lowest BCUT2D eigenvalue weighted by atomic mass is 9.90. The fourth-order valence-electron chi connectivity index (χ4n) is 3.27. The van der Waals surface area contributed by atoms with Crippen LogP contribution in [0.4, 0.5) is 4.39 Å². The molecule has 0 amide bonds. The molecule has 0 bridgehead atoms. The van der Waals surface area contributed by atoms with Crippen molar-refractivity contribution in [2.24, 2.45) is 5.92 Å². The van der Waals surface area contributed by atoms with Crippen LogP contribution in [0.15, 0.2) is 23.1 Å². The molecule has 2 heterocycles. The van der Waals surface area contributed by atoms with Crippen LogP contribution in [0.25, 0.3) is 10.9 Å². The molecule has 0 saturated heterocycles. The van der Waals surface area contributed by atoms with E-state index in [9.17, 15) is 22.7 Å². The fraction of sp³-hybridized carbons (Fsp3) is 0.400. The number of fused-ring (bicyclic) bond motifs is 3. The van der Waals surface area contributed by atoms with Crippen LogP contribution < -0.4 is 0 Å². The molecule has 22 heavy (non-hydrogen) atoms. The molecule has 3 rings (SSSR count). The highest BCUT2D eigenvalue weighted by molar-refractivity contribution is 7.91. The number of aliphatic carboxylic acids is 1. The second-order valence-corrected chi connectivity index (χ2v) is 7.84. The van der Waals surface area contributed by atoms with Gasteiger partial charge in [-0.25, -0.2) is 12.8 Å². The zero-order valence-corrected chi connectivity index (χ0v) is 13.0. The molecule has 0 spiro atoms. The number of nitrogens with zero attached hydrogens (tertiary/aromatic N) is 1. The Kier molecular flexibility index (Phi) is 3.28. The van der Waals surface area contributed by atoms with E-state index in [0.29, 0.717) is 23.9 Å². The first-order valence-electron chi connectivity index (χ1n) is 6.95. The van der Waals surface area contributed by atoms with Crippen molar-refractivity contribution in [3.63, 3.8) is 0 Å². The molecule has 1 N–H and O–H groups in total. The number of benzene rings is 1. The lowest BCUT2D eigenvalue weighted by Gasteiger charge is -2.13. The van der Waals surface area contributed by atoms with Crippen molar-refractivity contribution < 1.29 is 22.7 Å². The first-order chi connectivity index (χ1) is 10.2. The van der Waals surface area contributed by atoms with Crippen LogP contribution in [0.1, 0.15) is 25.0 Å². The largest absolute Gasteiger partial charge is 0.481 e. The van der Waals surface area contributed by atoms with Crippen LogP contribution in [-0.2, 0) is 21.2 Å². The van der Waals surface area contributed by atoms with Gasteiger partial charge in [-0.15, -0.1) is 0 Å². The summed E-state index contributed by atoms with van der Waals surface area (Å²) in [4.78, 5) is 11.2. The van der Waals surface area contributed by atoms with Gasteiger partial charge < -0.3 is 9.67 Å². The topological polar surface area (TPSA) is 76.4 Å². The van der Waals surface area contributed by atoms with E-state index in [0.717, 1.165) is 18.0 Å². The Hall–Kier alpha value is -1.89. The van der Waals surface area contributed by atoms with Crippen LogP contribution in [0.3, 0.4) is 0 Å². The van der Waals surface area contributed by atoms with Gasteiger partial charge in [0.15, 0.2) is 9.84 Å². The zero-order valence-electron chi connectivity index (χ0n) is 12.2. The van der Waals surface area contributed by atoms with E-state index in [1.165, 1.54) is 6.07 Å². The number of sulfone groups is 1. The minimum absolute atomic E-state index is 0.0499. The smallest absolute Gasteiger partial charge is 0.306 e. The molecule has 5 nitrogen and oxygen atoms in total. The number of carboxylic acid groups (broad SMARTS) is 1. The summed E-state index contributed by atoms with van der Waals surface area (Å²) < 4.78 is 39.4. The second kappa shape index (κ2) is 4.81. The Labute approximate surface area is 127 Å². The Balaban J connectivity index is 2.27. The van der Waals surface area contributed by atoms with E-state index in [1.807, 2.05) is 4.57 Å². The summed E-state index contributed by atoms with van der Waals surface area (Å²) in [5.41, 5.74) is 1.27. The highest BCUT2D eigenvalue weighted by Crippen LogP contribution is 2.40. The summed E-state index contributed by atoms with van der Waals surface area (Å²) in [7, 11) is -3.56. The van der Waals surface area contributed by atoms with Gasteiger partial charge >= 0.3 is 5.97 Å². The van der Waals surface area contributed by atoms with Crippen LogP contribution in [0.2, 0.25) is 0 Å². The highest BCUT2D eigenvalue weighted by atomic mass is 32.2. The third-order valence-corrected chi connectivity index (χ3v) is 5.55. The van der Waals surface area contributed by atoms with Gasteiger partial charge in [-0.05, 0) is 24.6 Å². The predicted molar refractivity (Wildman–Crippen MR) is 79.2 cm³/mol. The number of aromatic nitrogens is 1. The molecule has 1 unspecified atom stereocenters. The van der Waals surface area contributed by atoms with Crippen LogP contribution in [0.5, 0.6) is 0 Å². The number of rotatable bonds is 3. The van der Waals surface area contributed by atoms with Crippen molar-refractivity contribution in [2.45, 2.75) is 30.7 Å². The maximum absolute atomic E-state index is 13.8. The summed E-state index contributed by atoms with van der Waals surface area (Å²) in [6.07, 6.45) is 1.70. The SMILES string of the molecule is CC(C(=O)O)[C@H]1CCn2c1cc1c(S(C)(=O)=O)cc(F)cc12. The summed E-state index contributed by atoms with van der Waals surface area (Å²) in [5.74, 6) is -2.26. The molecular formula is C15H16FNO4S. The molecule has 1 aliphatic heterocycles. The van der Waals surface area contributed by atoms with Crippen molar-refractivity contribution in [2.75, 3.05) is 6.26 Å². The van der Waals surface area contributed by atoms with Crippen LogP contribution in [-0.4, -0.2) is 30.3 Å². The fourth-order valence-corrected chi connectivity index (χ4v) is 4.16. The summed E-state index contributed by atoms with van der Waals surface area (Å²) >= 11 is 0. The quantitative estimate of drug-likeness (QED) is 0.940. The molecule has 1 aliphatic rings. The normalized spacial score (nSPS) is 19.3. The molecule has 7 heteroatoms. The Morgan fingerprint density at radius 1 is 1.41 bits per heavy atom. The molecule has 1 aromatic carbocycles. The summed E-state index contributed by atoms with van der Waals surface area (Å²) in [5, 5.41) is 9.67. The lowest BCUT2D eigenvalue weighted by molar-refractivity contribution is -0.141. The third-order valence-electron chi connectivity index (χ3n) is 4.42. The van der Waals surface area contributed by atoms with Gasteiger partial charge in [-0.3, -0.25) is 4.79 Å². The average Bonchev–Trinajstić information content (AvgIpc) is 2.95. The monoisotopic (exact) mass is 325 g/mol. The second-order valence-electron chi connectivity index (χ2n) is 5.85. The molecule has 2 atom stereocenters. The molecule has 2 aromatic rings. The molecule has 1 aromatic heterocycles. The highest BCUT2D eigenvalue weighted by Gasteiger charge is 2.33. The Morgan fingerprint density at radius 3 is 2.68 bits per heavy atom. The minimum Gasteiger partial charge on any atom is -0.481 e.